The van der Waals surface area contributed by atoms with E-state index in [1.807, 2.05) is 0 Å². The average molecular weight is 186 g/mol. The minimum atomic E-state index is -0.442. The maximum Gasteiger partial charge on any atom is 0.333 e. The highest BCUT2D eigenvalue weighted by Gasteiger charge is 2.01. The van der Waals surface area contributed by atoms with Crippen molar-refractivity contribution in [1.29, 1.82) is 0 Å². The molecular formula is C9H14O4. The van der Waals surface area contributed by atoms with Crippen LogP contribution in [0.3, 0.4) is 0 Å². The van der Waals surface area contributed by atoms with Gasteiger partial charge < -0.3 is 14.3 Å². The molecule has 0 atom stereocenters. The lowest BCUT2D eigenvalue weighted by Crippen LogP contribution is -1.98. The fraction of sp³-hybridized carbons (Fsp3) is 0.556. The molecule has 0 N–H and O–H groups in total. The zero-order chi connectivity index (χ0) is 10.1. The highest BCUT2D eigenvalue weighted by Crippen LogP contribution is 2.07. The molecule has 0 saturated carbocycles. The summed E-state index contributed by atoms with van der Waals surface area (Å²) in [5.74, 6) is 0.0941. The number of aldehydes is 1. The van der Waals surface area contributed by atoms with E-state index in [0.717, 1.165) is 6.29 Å². The number of methoxy groups -OCH3 is 2. The van der Waals surface area contributed by atoms with Gasteiger partial charge in [0, 0.05) is 12.8 Å². The van der Waals surface area contributed by atoms with Gasteiger partial charge in [-0.3, -0.25) is 0 Å². The Hall–Kier alpha value is -1.32. The molecule has 0 radical (unpaired) electrons. The first-order valence-electron chi connectivity index (χ1n) is 4.00. The molecule has 0 bridgehead atoms. The van der Waals surface area contributed by atoms with Crippen LogP contribution in [0.2, 0.25) is 0 Å². The van der Waals surface area contributed by atoms with Crippen molar-refractivity contribution in [2.24, 2.45) is 0 Å². The van der Waals surface area contributed by atoms with Crippen LogP contribution < -0.4 is 0 Å². The molecule has 0 spiro atoms. The van der Waals surface area contributed by atoms with E-state index in [2.05, 4.69) is 4.74 Å². The molecule has 0 aromatic carbocycles. The molecule has 0 heterocycles. The molecule has 74 valence electrons. The van der Waals surface area contributed by atoms with Crippen LogP contribution >= 0.6 is 0 Å². The Kier molecular flexibility index (Phi) is 6.59. The molecule has 13 heavy (non-hydrogen) atoms. The summed E-state index contributed by atoms with van der Waals surface area (Å²) < 4.78 is 9.34. The molecule has 0 aliphatic heterocycles. The highest BCUT2D eigenvalue weighted by molar-refractivity contribution is 5.82. The molecule has 0 aliphatic carbocycles. The molecule has 4 heteroatoms. The van der Waals surface area contributed by atoms with Crippen molar-refractivity contribution in [3.63, 3.8) is 0 Å². The number of unbranched alkanes of at least 4 members (excludes halogenated alkanes) is 1. The molecule has 4 nitrogen and oxygen atoms in total. The van der Waals surface area contributed by atoms with Crippen LogP contribution in [0.25, 0.3) is 0 Å². The van der Waals surface area contributed by atoms with Gasteiger partial charge >= 0.3 is 5.97 Å². The van der Waals surface area contributed by atoms with Crippen LogP contribution in [0.5, 0.6) is 0 Å². The van der Waals surface area contributed by atoms with E-state index in [-0.39, 0.29) is 0 Å². The monoisotopic (exact) mass is 186 g/mol. The van der Waals surface area contributed by atoms with E-state index in [0.29, 0.717) is 25.0 Å². The van der Waals surface area contributed by atoms with Gasteiger partial charge in [0.05, 0.1) is 20.3 Å². The summed E-state index contributed by atoms with van der Waals surface area (Å²) in [6, 6.07) is 0. The second kappa shape index (κ2) is 7.34. The fourth-order valence-electron chi connectivity index (χ4n) is 0.783. The van der Waals surface area contributed by atoms with Crippen molar-refractivity contribution in [2.75, 3.05) is 14.2 Å². The molecule has 0 aliphatic rings. The van der Waals surface area contributed by atoms with Crippen LogP contribution in [-0.2, 0) is 19.1 Å². The van der Waals surface area contributed by atoms with Crippen LogP contribution in [0.1, 0.15) is 19.3 Å². The quantitative estimate of drug-likeness (QED) is 0.204. The van der Waals surface area contributed by atoms with Crippen molar-refractivity contribution >= 4 is 12.3 Å². The summed E-state index contributed by atoms with van der Waals surface area (Å²) in [4.78, 5) is 20.8. The zero-order valence-electron chi connectivity index (χ0n) is 7.91. The number of allylic oxidation sites excluding steroid dienone is 1. The minimum Gasteiger partial charge on any atom is -0.501 e. The minimum absolute atomic E-state index is 0.442. The normalized spacial score (nSPS) is 10.8. The fourth-order valence-corrected chi connectivity index (χ4v) is 0.783. The topological polar surface area (TPSA) is 52.6 Å². The van der Waals surface area contributed by atoms with Crippen molar-refractivity contribution < 1.29 is 19.1 Å². The largest absolute Gasteiger partial charge is 0.501 e. The second-order valence-corrected chi connectivity index (χ2v) is 2.40. The number of hydrogen-bond acceptors (Lipinski definition) is 4. The third-order valence-electron chi connectivity index (χ3n) is 1.49. The number of carbonyl (C=O) groups is 2. The predicted molar refractivity (Wildman–Crippen MR) is 47.0 cm³/mol. The number of rotatable bonds is 6. The zero-order valence-corrected chi connectivity index (χ0v) is 7.91. The molecule has 0 aromatic heterocycles. The van der Waals surface area contributed by atoms with Gasteiger partial charge in [-0.1, -0.05) is 0 Å². The number of ether oxygens (including phenoxy) is 2. The van der Waals surface area contributed by atoms with Gasteiger partial charge in [0.1, 0.15) is 12.0 Å². The predicted octanol–water partition coefficient (Wildman–Crippen LogP) is 1.06. The smallest absolute Gasteiger partial charge is 0.333 e. The Labute approximate surface area is 77.5 Å². The van der Waals surface area contributed by atoms with Gasteiger partial charge in [0.25, 0.3) is 0 Å². The van der Waals surface area contributed by atoms with Crippen LogP contribution in [0, 0.1) is 0 Å². The van der Waals surface area contributed by atoms with Gasteiger partial charge in [0.15, 0.2) is 0 Å². The third-order valence-corrected chi connectivity index (χ3v) is 1.49. The second-order valence-electron chi connectivity index (χ2n) is 2.40. The lowest BCUT2D eigenvalue weighted by Gasteiger charge is -2.03. The van der Waals surface area contributed by atoms with E-state index >= 15 is 0 Å². The van der Waals surface area contributed by atoms with Crippen molar-refractivity contribution in [2.45, 2.75) is 19.3 Å². The number of esters is 1. The number of carbonyl (C=O) groups excluding carboxylic acids is 2. The Balaban J connectivity index is 3.93. The van der Waals surface area contributed by atoms with Gasteiger partial charge in [-0.25, -0.2) is 4.79 Å². The summed E-state index contributed by atoms with van der Waals surface area (Å²) in [5, 5.41) is 0. The summed E-state index contributed by atoms with van der Waals surface area (Å²) in [7, 11) is 2.78. The van der Waals surface area contributed by atoms with Crippen molar-refractivity contribution in [3.05, 3.63) is 11.8 Å². The Bertz CT molecular complexity index is 196. The first-order valence-corrected chi connectivity index (χ1v) is 4.00. The summed E-state index contributed by atoms with van der Waals surface area (Å²) >= 11 is 0. The molecule has 0 saturated heterocycles. The van der Waals surface area contributed by atoms with Gasteiger partial charge in [-0.2, -0.15) is 0 Å². The van der Waals surface area contributed by atoms with Crippen molar-refractivity contribution in [1.82, 2.24) is 0 Å². The standard InChI is InChI=1S/C9H14O4/c1-12-8(5-3-4-6-10)7-9(11)13-2/h6-7H,3-5H2,1-2H3/b8-7+. The van der Waals surface area contributed by atoms with E-state index < -0.39 is 5.97 Å². The van der Waals surface area contributed by atoms with Gasteiger partial charge in [-0.15, -0.1) is 0 Å². The van der Waals surface area contributed by atoms with Crippen LogP contribution in [-0.4, -0.2) is 26.5 Å². The first kappa shape index (κ1) is 11.7. The third kappa shape index (κ3) is 5.90. The molecular weight excluding hydrogens is 172 g/mol. The van der Waals surface area contributed by atoms with Crippen molar-refractivity contribution in [3.8, 4) is 0 Å². The molecule has 0 rings (SSSR count). The molecule has 0 unspecified atom stereocenters. The van der Waals surface area contributed by atoms with Crippen LogP contribution in [0.15, 0.2) is 11.8 Å². The summed E-state index contributed by atoms with van der Waals surface area (Å²) in [6.45, 7) is 0. The average Bonchev–Trinajstić information content (AvgIpc) is 2.16. The van der Waals surface area contributed by atoms with E-state index in [4.69, 9.17) is 4.74 Å². The van der Waals surface area contributed by atoms with Gasteiger partial charge in [0.2, 0.25) is 0 Å². The van der Waals surface area contributed by atoms with E-state index in [1.54, 1.807) is 0 Å². The van der Waals surface area contributed by atoms with E-state index in [9.17, 15) is 9.59 Å². The Morgan fingerprint density at radius 1 is 1.31 bits per heavy atom. The molecule has 0 aromatic rings. The molecule has 0 amide bonds. The summed E-state index contributed by atoms with van der Waals surface area (Å²) in [6.07, 6.45) is 3.85. The first-order chi connectivity index (χ1) is 6.24. The van der Waals surface area contributed by atoms with Gasteiger partial charge in [-0.05, 0) is 6.42 Å². The lowest BCUT2D eigenvalue weighted by molar-refractivity contribution is -0.135. The molecule has 0 fully saturated rings. The number of hydrogen-bond donors (Lipinski definition) is 0. The highest BCUT2D eigenvalue weighted by atomic mass is 16.5. The Morgan fingerprint density at radius 2 is 2.00 bits per heavy atom. The van der Waals surface area contributed by atoms with E-state index in [1.165, 1.54) is 20.3 Å². The lowest BCUT2D eigenvalue weighted by atomic mass is 10.2. The summed E-state index contributed by atoms with van der Waals surface area (Å²) in [5.41, 5.74) is 0. The Morgan fingerprint density at radius 3 is 2.46 bits per heavy atom. The maximum absolute atomic E-state index is 10.8. The maximum atomic E-state index is 10.8. The van der Waals surface area contributed by atoms with Crippen LogP contribution in [0.4, 0.5) is 0 Å². The SMILES string of the molecule is COC(=O)/C=C(\CCCC=O)OC.